The van der Waals surface area contributed by atoms with E-state index in [1.165, 1.54) is 15.6 Å². The fourth-order valence-corrected chi connectivity index (χ4v) is 6.96. The Morgan fingerprint density at radius 2 is 1.91 bits per heavy atom. The Morgan fingerprint density at radius 1 is 1.17 bits per heavy atom. The first-order valence-corrected chi connectivity index (χ1v) is 14.0. The minimum atomic E-state index is -3.79. The molecular weight excluding hydrogens is 484 g/mol. The molecule has 1 aliphatic rings. The van der Waals surface area contributed by atoms with Crippen molar-refractivity contribution in [3.63, 3.8) is 0 Å². The van der Waals surface area contributed by atoms with E-state index in [1.807, 2.05) is 39.2 Å². The largest absolute Gasteiger partial charge is 0.497 e. The Kier molecular flexibility index (Phi) is 7.75. The first kappa shape index (κ1) is 25.6. The smallest absolute Gasteiger partial charge is 0.247 e. The van der Waals surface area contributed by atoms with Crippen LogP contribution < -0.4 is 9.64 Å². The maximum absolute atomic E-state index is 13.9. The predicted molar refractivity (Wildman–Crippen MR) is 140 cm³/mol. The van der Waals surface area contributed by atoms with Crippen molar-refractivity contribution >= 4 is 42.6 Å². The quantitative estimate of drug-likeness (QED) is 0.431. The summed E-state index contributed by atoms with van der Waals surface area (Å²) < 4.78 is 34.5. The number of sulfonamides is 1. The summed E-state index contributed by atoms with van der Waals surface area (Å²) in [5.74, 6) is 0.507. The van der Waals surface area contributed by atoms with Crippen LogP contribution in [0.25, 0.3) is 10.2 Å². The van der Waals surface area contributed by atoms with Crippen molar-refractivity contribution in [2.75, 3.05) is 45.7 Å². The number of benzene rings is 2. The van der Waals surface area contributed by atoms with Crippen LogP contribution in [-0.2, 0) is 14.8 Å². The minimum Gasteiger partial charge on any atom is -0.497 e. The van der Waals surface area contributed by atoms with Crippen molar-refractivity contribution in [3.8, 4) is 5.75 Å². The van der Waals surface area contributed by atoms with Crippen LogP contribution in [0.1, 0.15) is 24.8 Å². The van der Waals surface area contributed by atoms with Gasteiger partial charge < -0.3 is 9.64 Å². The molecule has 1 aromatic heterocycles. The number of fused-ring (bicyclic) bond motifs is 1. The molecule has 2 aromatic carbocycles. The van der Waals surface area contributed by atoms with Crippen molar-refractivity contribution in [3.05, 3.63) is 48.0 Å². The molecule has 3 aromatic rings. The Hall–Kier alpha value is -2.53. The van der Waals surface area contributed by atoms with Crippen molar-refractivity contribution in [1.82, 2.24) is 14.2 Å². The lowest BCUT2D eigenvalue weighted by atomic mass is 10.2. The zero-order valence-corrected chi connectivity index (χ0v) is 22.2. The van der Waals surface area contributed by atoms with Crippen LogP contribution in [0.4, 0.5) is 5.13 Å². The average Bonchev–Trinajstić information content (AvgIpc) is 3.48. The molecule has 2 heterocycles. The van der Waals surface area contributed by atoms with E-state index in [0.717, 1.165) is 34.5 Å². The molecule has 0 N–H and O–H groups in total. The highest BCUT2D eigenvalue weighted by Crippen LogP contribution is 2.34. The Balaban J connectivity index is 1.66. The van der Waals surface area contributed by atoms with Crippen molar-refractivity contribution in [1.29, 1.82) is 0 Å². The maximum Gasteiger partial charge on any atom is 0.247 e. The number of carbonyl (C=O) groups is 1. The average molecular weight is 517 g/mol. The summed E-state index contributed by atoms with van der Waals surface area (Å²) in [7, 11) is 1.80. The number of hydrogen-bond acceptors (Lipinski definition) is 7. The van der Waals surface area contributed by atoms with Gasteiger partial charge in [0.25, 0.3) is 0 Å². The first-order valence-electron chi connectivity index (χ1n) is 11.7. The molecule has 188 valence electrons. The van der Waals surface area contributed by atoms with Crippen LogP contribution in [0.15, 0.2) is 47.4 Å². The number of carbonyl (C=O) groups excluding carboxylic acids is 1. The van der Waals surface area contributed by atoms with Crippen LogP contribution in [-0.4, -0.2) is 75.4 Å². The molecule has 1 unspecified atom stereocenters. The number of amides is 1. The standard InChI is InChI=1S/C25H32N4O4S2/c1-18-8-11-20(12-9-18)35(31,32)29-16-5-7-22(29)24(30)28(15-6-14-27(2)3)25-26-21-13-10-19(33-4)17-23(21)34-25/h8-13,17,22H,5-7,14-16H2,1-4H3. The van der Waals surface area contributed by atoms with E-state index in [9.17, 15) is 13.2 Å². The molecule has 0 aliphatic carbocycles. The number of aryl methyl sites for hydroxylation is 1. The summed E-state index contributed by atoms with van der Waals surface area (Å²) >= 11 is 1.42. The summed E-state index contributed by atoms with van der Waals surface area (Å²) in [5, 5.41) is 0.580. The highest BCUT2D eigenvalue weighted by molar-refractivity contribution is 7.89. The molecule has 0 saturated carbocycles. The number of nitrogens with zero attached hydrogens (tertiary/aromatic N) is 4. The normalized spacial score (nSPS) is 16.8. The van der Waals surface area contributed by atoms with Crippen molar-refractivity contribution in [2.45, 2.75) is 37.1 Å². The van der Waals surface area contributed by atoms with Crippen LogP contribution in [0.2, 0.25) is 0 Å². The third-order valence-electron chi connectivity index (χ3n) is 6.18. The second-order valence-corrected chi connectivity index (χ2v) is 12.0. The molecular formula is C25H32N4O4S2. The van der Waals surface area contributed by atoms with Crippen LogP contribution in [0.3, 0.4) is 0 Å². The van der Waals surface area contributed by atoms with E-state index in [1.54, 1.807) is 36.3 Å². The molecule has 0 spiro atoms. The Labute approximate surface area is 211 Å². The number of anilines is 1. The third-order valence-corrected chi connectivity index (χ3v) is 9.15. The molecule has 0 radical (unpaired) electrons. The molecule has 4 rings (SSSR count). The number of ether oxygens (including phenoxy) is 1. The van der Waals surface area contributed by atoms with Gasteiger partial charge in [0.1, 0.15) is 11.8 Å². The molecule has 0 bridgehead atoms. The topological polar surface area (TPSA) is 83.1 Å². The van der Waals surface area contributed by atoms with Gasteiger partial charge in [-0.1, -0.05) is 29.0 Å². The van der Waals surface area contributed by atoms with Gasteiger partial charge in [0, 0.05) is 13.1 Å². The highest BCUT2D eigenvalue weighted by atomic mass is 32.2. The molecule has 1 aliphatic heterocycles. The molecule has 35 heavy (non-hydrogen) atoms. The van der Waals surface area contributed by atoms with Gasteiger partial charge in [0.05, 0.1) is 22.2 Å². The summed E-state index contributed by atoms with van der Waals surface area (Å²) in [6.07, 6.45) is 1.88. The van der Waals surface area contributed by atoms with E-state index in [0.29, 0.717) is 31.1 Å². The lowest BCUT2D eigenvalue weighted by molar-refractivity contribution is -0.121. The van der Waals surface area contributed by atoms with Crippen LogP contribution >= 0.6 is 11.3 Å². The Morgan fingerprint density at radius 3 is 2.60 bits per heavy atom. The predicted octanol–water partition coefficient (Wildman–Crippen LogP) is 3.75. The van der Waals surface area contributed by atoms with Gasteiger partial charge in [0.2, 0.25) is 15.9 Å². The van der Waals surface area contributed by atoms with Crippen molar-refractivity contribution < 1.29 is 17.9 Å². The third kappa shape index (κ3) is 5.50. The SMILES string of the molecule is COc1ccc2nc(N(CCCN(C)C)C(=O)C3CCCN3S(=O)(=O)c3ccc(C)cc3)sc2c1. The number of methoxy groups -OCH3 is 1. The van der Waals surface area contributed by atoms with Gasteiger partial charge in [-0.05, 0) is 77.2 Å². The van der Waals surface area contributed by atoms with E-state index in [-0.39, 0.29) is 10.8 Å². The first-order chi connectivity index (χ1) is 16.7. The van der Waals surface area contributed by atoms with E-state index in [2.05, 4.69) is 4.90 Å². The van der Waals surface area contributed by atoms with E-state index < -0.39 is 16.1 Å². The number of aromatic nitrogens is 1. The fraction of sp³-hybridized carbons (Fsp3) is 0.440. The molecule has 1 atom stereocenters. The lowest BCUT2D eigenvalue weighted by Gasteiger charge is -2.29. The van der Waals surface area contributed by atoms with Gasteiger partial charge in [-0.3, -0.25) is 9.69 Å². The summed E-state index contributed by atoms with van der Waals surface area (Å²) in [6.45, 7) is 3.51. The zero-order chi connectivity index (χ0) is 25.2. The lowest BCUT2D eigenvalue weighted by Crippen LogP contribution is -2.48. The molecule has 1 amide bonds. The molecule has 10 heteroatoms. The number of rotatable bonds is 9. The van der Waals surface area contributed by atoms with Gasteiger partial charge in [-0.15, -0.1) is 0 Å². The van der Waals surface area contributed by atoms with Crippen LogP contribution in [0, 0.1) is 6.92 Å². The second-order valence-electron chi connectivity index (χ2n) is 9.06. The van der Waals surface area contributed by atoms with E-state index in [4.69, 9.17) is 9.72 Å². The van der Waals surface area contributed by atoms with Crippen LogP contribution in [0.5, 0.6) is 5.75 Å². The molecule has 1 fully saturated rings. The molecule has 8 nitrogen and oxygen atoms in total. The minimum absolute atomic E-state index is 0.217. The Bertz CT molecular complexity index is 1290. The van der Waals surface area contributed by atoms with Gasteiger partial charge in [-0.25, -0.2) is 13.4 Å². The summed E-state index contributed by atoms with van der Waals surface area (Å²) in [5.41, 5.74) is 1.77. The highest BCUT2D eigenvalue weighted by Gasteiger charge is 2.42. The van der Waals surface area contributed by atoms with E-state index >= 15 is 0 Å². The second kappa shape index (κ2) is 10.6. The monoisotopic (exact) mass is 516 g/mol. The number of hydrogen-bond donors (Lipinski definition) is 0. The zero-order valence-electron chi connectivity index (χ0n) is 20.6. The maximum atomic E-state index is 13.9. The fourth-order valence-electron chi connectivity index (χ4n) is 4.28. The molecule has 1 saturated heterocycles. The summed E-state index contributed by atoms with van der Waals surface area (Å²) in [4.78, 5) is 22.6. The van der Waals surface area contributed by atoms with Gasteiger partial charge >= 0.3 is 0 Å². The van der Waals surface area contributed by atoms with Gasteiger partial charge in [-0.2, -0.15) is 4.31 Å². The van der Waals surface area contributed by atoms with Gasteiger partial charge in [0.15, 0.2) is 5.13 Å². The van der Waals surface area contributed by atoms with Crippen molar-refractivity contribution in [2.24, 2.45) is 0 Å². The summed E-state index contributed by atoms with van der Waals surface area (Å²) in [6, 6.07) is 11.7. The number of thiazole rings is 1.